The topological polar surface area (TPSA) is 85.4 Å². The van der Waals surface area contributed by atoms with Crippen molar-refractivity contribution in [3.63, 3.8) is 0 Å². The third-order valence-electron chi connectivity index (χ3n) is 5.90. The maximum Gasteiger partial charge on any atom is 0.272 e. The third-order valence-corrected chi connectivity index (χ3v) is 5.90. The molecule has 2 aromatic heterocycles. The molecule has 3 aromatic rings. The van der Waals surface area contributed by atoms with Crippen molar-refractivity contribution in [2.75, 3.05) is 49.1 Å². The van der Waals surface area contributed by atoms with Gasteiger partial charge in [0, 0.05) is 39.3 Å². The zero-order valence-corrected chi connectivity index (χ0v) is 16.8. The molecule has 8 heteroatoms. The fourth-order valence-corrected chi connectivity index (χ4v) is 4.18. The quantitative estimate of drug-likeness (QED) is 0.718. The summed E-state index contributed by atoms with van der Waals surface area (Å²) in [5.41, 5.74) is 2.09. The Morgan fingerprint density at radius 3 is 2.40 bits per heavy atom. The Bertz CT molecular complexity index is 1110. The van der Waals surface area contributed by atoms with Gasteiger partial charge in [-0.15, -0.1) is 0 Å². The number of fused-ring (bicyclic) bond motifs is 1. The second-order valence-corrected chi connectivity index (χ2v) is 7.78. The van der Waals surface area contributed by atoms with Crippen molar-refractivity contribution in [3.8, 4) is 0 Å². The number of benzene rings is 1. The third kappa shape index (κ3) is 3.49. The number of para-hydroxylation sites is 1. The number of nitrogens with zero attached hydrogens (tertiary/aromatic N) is 5. The number of anilines is 2. The lowest BCUT2D eigenvalue weighted by atomic mass is 10.2. The van der Waals surface area contributed by atoms with Crippen LogP contribution in [-0.4, -0.2) is 65.0 Å². The molecule has 2 aliphatic heterocycles. The Balaban J connectivity index is 1.25. The lowest BCUT2D eigenvalue weighted by Crippen LogP contribution is -2.49. The van der Waals surface area contributed by atoms with E-state index >= 15 is 0 Å². The summed E-state index contributed by atoms with van der Waals surface area (Å²) in [4.78, 5) is 43.2. The molecule has 1 N–H and O–H groups in total. The highest BCUT2D eigenvalue weighted by Gasteiger charge is 2.24. The van der Waals surface area contributed by atoms with Crippen molar-refractivity contribution >= 4 is 28.4 Å². The summed E-state index contributed by atoms with van der Waals surface area (Å²) in [6.45, 7) is 4.46. The van der Waals surface area contributed by atoms with Gasteiger partial charge in [0.05, 0.1) is 22.8 Å². The van der Waals surface area contributed by atoms with Crippen molar-refractivity contribution in [1.82, 2.24) is 19.9 Å². The van der Waals surface area contributed by atoms with Crippen LogP contribution in [0.25, 0.3) is 10.9 Å². The highest BCUT2D eigenvalue weighted by Crippen LogP contribution is 2.20. The van der Waals surface area contributed by atoms with E-state index in [4.69, 9.17) is 0 Å². The SMILES string of the molecule is O=C(c1ccc(N2CCCC2)cn1)N1CCN(c2nc3ccccc3c(=O)[nH]2)CC1. The van der Waals surface area contributed by atoms with Gasteiger partial charge in [0.15, 0.2) is 0 Å². The standard InChI is InChI=1S/C22H24N6O2/c29-20-17-5-1-2-6-18(17)24-22(25-20)28-13-11-27(12-14-28)21(30)19-8-7-16(15-23-19)26-9-3-4-10-26/h1-2,5-8,15H,3-4,9-14H2,(H,24,25,29). The van der Waals surface area contributed by atoms with Crippen LogP contribution in [0, 0.1) is 0 Å². The minimum Gasteiger partial charge on any atom is -0.370 e. The van der Waals surface area contributed by atoms with E-state index in [0.29, 0.717) is 48.7 Å². The van der Waals surface area contributed by atoms with E-state index in [1.807, 2.05) is 40.1 Å². The Morgan fingerprint density at radius 1 is 0.900 bits per heavy atom. The van der Waals surface area contributed by atoms with Crippen LogP contribution in [0.1, 0.15) is 23.3 Å². The fraction of sp³-hybridized carbons (Fsp3) is 0.364. The number of amides is 1. The van der Waals surface area contributed by atoms with E-state index < -0.39 is 0 Å². The zero-order chi connectivity index (χ0) is 20.5. The molecule has 1 aromatic carbocycles. The molecule has 2 saturated heterocycles. The minimum atomic E-state index is -0.142. The van der Waals surface area contributed by atoms with Gasteiger partial charge in [-0.2, -0.15) is 0 Å². The number of pyridine rings is 1. The Labute approximate surface area is 174 Å². The number of carbonyl (C=O) groups excluding carboxylic acids is 1. The number of aromatic amines is 1. The van der Waals surface area contributed by atoms with Crippen LogP contribution in [0.4, 0.5) is 11.6 Å². The molecule has 154 valence electrons. The summed E-state index contributed by atoms with van der Waals surface area (Å²) in [5.74, 6) is 0.501. The first-order valence-corrected chi connectivity index (χ1v) is 10.4. The lowest BCUT2D eigenvalue weighted by molar-refractivity contribution is 0.0740. The number of H-pyrrole nitrogens is 1. The van der Waals surface area contributed by atoms with Crippen molar-refractivity contribution in [2.24, 2.45) is 0 Å². The average Bonchev–Trinajstić information content (AvgIpc) is 3.34. The Morgan fingerprint density at radius 2 is 1.67 bits per heavy atom. The van der Waals surface area contributed by atoms with Crippen LogP contribution >= 0.6 is 0 Å². The van der Waals surface area contributed by atoms with E-state index in [-0.39, 0.29) is 11.5 Å². The summed E-state index contributed by atoms with van der Waals surface area (Å²) in [6.07, 6.45) is 4.23. The molecular formula is C22H24N6O2. The van der Waals surface area contributed by atoms with Gasteiger partial charge in [-0.05, 0) is 37.1 Å². The van der Waals surface area contributed by atoms with Gasteiger partial charge in [-0.1, -0.05) is 12.1 Å². The molecule has 0 saturated carbocycles. The molecule has 8 nitrogen and oxygen atoms in total. The molecule has 0 atom stereocenters. The summed E-state index contributed by atoms with van der Waals surface area (Å²) in [7, 11) is 0. The molecule has 0 spiro atoms. The van der Waals surface area contributed by atoms with Gasteiger partial charge in [0.1, 0.15) is 5.69 Å². The normalized spacial score (nSPS) is 17.0. The van der Waals surface area contributed by atoms with Crippen LogP contribution in [-0.2, 0) is 0 Å². The Hall–Kier alpha value is -3.42. The van der Waals surface area contributed by atoms with Gasteiger partial charge in [0.2, 0.25) is 5.95 Å². The van der Waals surface area contributed by atoms with Crippen LogP contribution in [0.2, 0.25) is 0 Å². The van der Waals surface area contributed by atoms with E-state index in [0.717, 1.165) is 18.8 Å². The van der Waals surface area contributed by atoms with Gasteiger partial charge >= 0.3 is 0 Å². The number of piperazine rings is 1. The highest BCUT2D eigenvalue weighted by molar-refractivity contribution is 5.92. The van der Waals surface area contributed by atoms with E-state index in [1.54, 1.807) is 12.3 Å². The first kappa shape index (κ1) is 18.6. The van der Waals surface area contributed by atoms with Crippen LogP contribution in [0.15, 0.2) is 47.4 Å². The molecule has 0 radical (unpaired) electrons. The summed E-state index contributed by atoms with van der Waals surface area (Å²) in [5, 5.41) is 0.582. The number of nitrogens with one attached hydrogen (secondary N) is 1. The summed E-state index contributed by atoms with van der Waals surface area (Å²) >= 11 is 0. The molecule has 0 unspecified atom stereocenters. The van der Waals surface area contributed by atoms with E-state index in [2.05, 4.69) is 19.9 Å². The molecule has 5 rings (SSSR count). The zero-order valence-electron chi connectivity index (χ0n) is 16.8. The smallest absolute Gasteiger partial charge is 0.272 e. The maximum atomic E-state index is 12.9. The van der Waals surface area contributed by atoms with Crippen molar-refractivity contribution in [1.29, 1.82) is 0 Å². The Kier molecular flexibility index (Phi) is 4.82. The van der Waals surface area contributed by atoms with Crippen LogP contribution < -0.4 is 15.4 Å². The van der Waals surface area contributed by atoms with Crippen LogP contribution in [0.3, 0.4) is 0 Å². The van der Waals surface area contributed by atoms with Gasteiger partial charge in [-0.25, -0.2) is 9.97 Å². The number of hydrogen-bond donors (Lipinski definition) is 1. The molecule has 2 aliphatic rings. The van der Waals surface area contributed by atoms with Crippen LogP contribution in [0.5, 0.6) is 0 Å². The summed E-state index contributed by atoms with van der Waals surface area (Å²) < 4.78 is 0. The fourth-order valence-electron chi connectivity index (χ4n) is 4.18. The maximum absolute atomic E-state index is 12.9. The molecule has 0 aliphatic carbocycles. The first-order valence-electron chi connectivity index (χ1n) is 10.4. The largest absolute Gasteiger partial charge is 0.370 e. The van der Waals surface area contributed by atoms with Crippen molar-refractivity contribution in [2.45, 2.75) is 12.8 Å². The van der Waals surface area contributed by atoms with Gasteiger partial charge in [-0.3, -0.25) is 14.6 Å². The average molecular weight is 404 g/mol. The second-order valence-electron chi connectivity index (χ2n) is 7.78. The monoisotopic (exact) mass is 404 g/mol. The molecular weight excluding hydrogens is 380 g/mol. The molecule has 4 heterocycles. The molecule has 30 heavy (non-hydrogen) atoms. The predicted octanol–water partition coefficient (Wildman–Crippen LogP) is 1.88. The number of carbonyl (C=O) groups is 1. The van der Waals surface area contributed by atoms with Gasteiger partial charge in [0.25, 0.3) is 11.5 Å². The molecule has 1 amide bonds. The molecule has 2 fully saturated rings. The van der Waals surface area contributed by atoms with Gasteiger partial charge < -0.3 is 14.7 Å². The highest BCUT2D eigenvalue weighted by atomic mass is 16.2. The number of aromatic nitrogens is 3. The number of hydrogen-bond acceptors (Lipinski definition) is 6. The van der Waals surface area contributed by atoms with E-state index in [9.17, 15) is 9.59 Å². The van der Waals surface area contributed by atoms with Crippen molar-refractivity contribution < 1.29 is 4.79 Å². The molecule has 0 bridgehead atoms. The summed E-state index contributed by atoms with van der Waals surface area (Å²) in [6, 6.07) is 11.1. The predicted molar refractivity (Wildman–Crippen MR) is 116 cm³/mol. The minimum absolute atomic E-state index is 0.0532. The van der Waals surface area contributed by atoms with Crippen molar-refractivity contribution in [3.05, 3.63) is 58.6 Å². The second kappa shape index (κ2) is 7.78. The lowest BCUT2D eigenvalue weighted by Gasteiger charge is -2.34. The first-order chi connectivity index (χ1) is 14.7. The number of rotatable bonds is 3. The van der Waals surface area contributed by atoms with E-state index in [1.165, 1.54) is 12.8 Å².